The zero-order valence-electron chi connectivity index (χ0n) is 17.7. The third-order valence-corrected chi connectivity index (χ3v) is 6.37. The molecule has 2 aliphatic heterocycles. The van der Waals surface area contributed by atoms with Gasteiger partial charge in [0.25, 0.3) is 5.92 Å². The van der Waals surface area contributed by atoms with Gasteiger partial charge in [-0.05, 0) is 43.7 Å². The molecule has 6 nitrogen and oxygen atoms in total. The van der Waals surface area contributed by atoms with Gasteiger partial charge in [0.05, 0.1) is 23.5 Å². The monoisotopic (exact) mass is 427 g/mol. The number of nitriles is 1. The second-order valence-electron chi connectivity index (χ2n) is 8.50. The summed E-state index contributed by atoms with van der Waals surface area (Å²) in [5.74, 6) is -4.07. The first-order valence-corrected chi connectivity index (χ1v) is 10.8. The molecule has 2 fully saturated rings. The van der Waals surface area contributed by atoms with E-state index in [1.165, 1.54) is 0 Å². The SMILES string of the molecule is CCN1CCC(NC(=O)C2CN(c3ccc(C#N)c4ncccc34)CC(F)(F)C2)CC1. The molecule has 3 heterocycles. The van der Waals surface area contributed by atoms with Gasteiger partial charge in [-0.2, -0.15) is 5.26 Å². The Labute approximate surface area is 180 Å². The number of anilines is 1. The van der Waals surface area contributed by atoms with Crippen molar-refractivity contribution in [2.24, 2.45) is 5.92 Å². The van der Waals surface area contributed by atoms with Crippen molar-refractivity contribution in [2.45, 2.75) is 38.2 Å². The molecule has 0 bridgehead atoms. The number of nitrogens with zero attached hydrogens (tertiary/aromatic N) is 4. The van der Waals surface area contributed by atoms with E-state index in [9.17, 15) is 18.8 Å². The third kappa shape index (κ3) is 4.62. The average Bonchev–Trinajstić information content (AvgIpc) is 2.77. The van der Waals surface area contributed by atoms with Crippen LogP contribution in [0.2, 0.25) is 0 Å². The fraction of sp³-hybridized carbons (Fsp3) is 0.522. The molecule has 2 saturated heterocycles. The highest BCUT2D eigenvalue weighted by atomic mass is 19.3. The minimum absolute atomic E-state index is 0.0410. The summed E-state index contributed by atoms with van der Waals surface area (Å²) in [5.41, 5.74) is 1.46. The minimum atomic E-state index is -2.98. The first kappa shape index (κ1) is 21.4. The van der Waals surface area contributed by atoms with Gasteiger partial charge < -0.3 is 15.1 Å². The number of hydrogen-bond donors (Lipinski definition) is 1. The maximum atomic E-state index is 14.7. The fourth-order valence-electron chi connectivity index (χ4n) is 4.69. The van der Waals surface area contributed by atoms with Gasteiger partial charge in [0.1, 0.15) is 6.07 Å². The first-order chi connectivity index (χ1) is 14.9. The normalized spacial score (nSPS) is 22.3. The molecule has 1 aromatic heterocycles. The van der Waals surface area contributed by atoms with Gasteiger partial charge in [-0.3, -0.25) is 9.78 Å². The first-order valence-electron chi connectivity index (χ1n) is 10.8. The van der Waals surface area contributed by atoms with Crippen molar-refractivity contribution >= 4 is 22.5 Å². The van der Waals surface area contributed by atoms with Crippen molar-refractivity contribution in [1.82, 2.24) is 15.2 Å². The Kier molecular flexibility index (Phi) is 6.05. The molecule has 0 saturated carbocycles. The largest absolute Gasteiger partial charge is 0.364 e. The van der Waals surface area contributed by atoms with E-state index in [0.717, 1.165) is 32.5 Å². The van der Waals surface area contributed by atoms with Crippen molar-refractivity contribution in [3.8, 4) is 6.07 Å². The van der Waals surface area contributed by atoms with Gasteiger partial charge in [-0.25, -0.2) is 8.78 Å². The van der Waals surface area contributed by atoms with Crippen molar-refractivity contribution in [1.29, 1.82) is 5.26 Å². The van der Waals surface area contributed by atoms with E-state index in [-0.39, 0.29) is 18.5 Å². The molecule has 0 spiro atoms. The Morgan fingerprint density at radius 3 is 2.81 bits per heavy atom. The lowest BCUT2D eigenvalue weighted by Crippen LogP contribution is -2.53. The molecule has 2 aliphatic rings. The number of likely N-dealkylation sites (tertiary alicyclic amines) is 1. The molecule has 0 radical (unpaired) electrons. The summed E-state index contributed by atoms with van der Waals surface area (Å²) in [5, 5.41) is 13.0. The van der Waals surface area contributed by atoms with Crippen LogP contribution in [0.5, 0.6) is 0 Å². The van der Waals surface area contributed by atoms with Crippen LogP contribution in [0.1, 0.15) is 31.7 Å². The van der Waals surface area contributed by atoms with Gasteiger partial charge in [-0.1, -0.05) is 6.92 Å². The minimum Gasteiger partial charge on any atom is -0.364 e. The highest BCUT2D eigenvalue weighted by Gasteiger charge is 2.43. The number of rotatable bonds is 4. The van der Waals surface area contributed by atoms with Crippen LogP contribution >= 0.6 is 0 Å². The number of fused-ring (bicyclic) bond motifs is 1. The van der Waals surface area contributed by atoms with Crippen LogP contribution in [0.25, 0.3) is 10.9 Å². The van der Waals surface area contributed by atoms with Crippen LogP contribution < -0.4 is 10.2 Å². The van der Waals surface area contributed by atoms with E-state index >= 15 is 0 Å². The summed E-state index contributed by atoms with van der Waals surface area (Å²) >= 11 is 0. The Morgan fingerprint density at radius 2 is 2.10 bits per heavy atom. The number of pyridine rings is 1. The van der Waals surface area contributed by atoms with Crippen LogP contribution in [0, 0.1) is 17.2 Å². The van der Waals surface area contributed by atoms with Crippen molar-refractivity contribution in [3.05, 3.63) is 36.0 Å². The Morgan fingerprint density at radius 1 is 1.32 bits per heavy atom. The van der Waals surface area contributed by atoms with Gasteiger partial charge in [0, 0.05) is 49.4 Å². The van der Waals surface area contributed by atoms with Crippen LogP contribution in [0.15, 0.2) is 30.5 Å². The number of carbonyl (C=O) groups is 1. The molecule has 2 aromatic rings. The standard InChI is InChI=1S/C23H27F2N5O/c1-2-29-10-7-18(8-11-29)28-22(31)17-12-23(24,25)15-30(14-17)20-6-5-16(13-26)21-19(20)4-3-9-27-21/h3-6,9,17-18H,2,7-8,10-12,14-15H2,1H3,(H,28,31). The molecule has 1 atom stereocenters. The second-order valence-corrected chi connectivity index (χ2v) is 8.50. The number of alkyl halides is 2. The fourth-order valence-corrected chi connectivity index (χ4v) is 4.69. The molecule has 1 amide bonds. The van der Waals surface area contributed by atoms with Crippen LogP contribution in [0.4, 0.5) is 14.5 Å². The number of benzene rings is 1. The zero-order chi connectivity index (χ0) is 22.0. The number of aromatic nitrogens is 1. The van der Waals surface area contributed by atoms with E-state index in [1.807, 2.05) is 0 Å². The summed E-state index contributed by atoms with van der Waals surface area (Å²) in [6.45, 7) is 4.68. The van der Waals surface area contributed by atoms with Gasteiger partial charge >= 0.3 is 0 Å². The van der Waals surface area contributed by atoms with Gasteiger partial charge in [0.15, 0.2) is 0 Å². The predicted octanol–water partition coefficient (Wildman–Crippen LogP) is 3.17. The quantitative estimate of drug-likeness (QED) is 0.812. The summed E-state index contributed by atoms with van der Waals surface area (Å²) in [7, 11) is 0. The maximum Gasteiger partial charge on any atom is 0.266 e. The summed E-state index contributed by atoms with van der Waals surface area (Å²) in [4.78, 5) is 21.1. The molecule has 0 aliphatic carbocycles. The lowest BCUT2D eigenvalue weighted by atomic mass is 9.92. The molecule has 1 unspecified atom stereocenters. The third-order valence-electron chi connectivity index (χ3n) is 6.37. The van der Waals surface area contributed by atoms with Crippen molar-refractivity contribution in [2.75, 3.05) is 37.6 Å². The van der Waals surface area contributed by atoms with E-state index in [2.05, 4.69) is 28.2 Å². The zero-order valence-corrected chi connectivity index (χ0v) is 17.7. The van der Waals surface area contributed by atoms with Gasteiger partial charge in [0.2, 0.25) is 5.91 Å². The molecule has 164 valence electrons. The number of hydrogen-bond acceptors (Lipinski definition) is 5. The highest BCUT2D eigenvalue weighted by Crippen LogP contribution is 2.36. The molecule has 1 aromatic carbocycles. The number of amides is 1. The Hall–Kier alpha value is -2.79. The maximum absolute atomic E-state index is 14.7. The lowest BCUT2D eigenvalue weighted by molar-refractivity contribution is -0.130. The Bertz CT molecular complexity index is 997. The number of carbonyl (C=O) groups excluding carboxylic acids is 1. The van der Waals surface area contributed by atoms with Crippen molar-refractivity contribution in [3.63, 3.8) is 0 Å². The summed E-state index contributed by atoms with van der Waals surface area (Å²) in [6, 6.07) is 8.93. The van der Waals surface area contributed by atoms with Crippen LogP contribution in [-0.2, 0) is 4.79 Å². The van der Waals surface area contributed by atoms with E-state index in [1.54, 1.807) is 35.4 Å². The van der Waals surface area contributed by atoms with E-state index in [0.29, 0.717) is 22.2 Å². The summed E-state index contributed by atoms with van der Waals surface area (Å²) in [6.07, 6.45) is 2.82. The highest BCUT2D eigenvalue weighted by molar-refractivity contribution is 5.95. The van der Waals surface area contributed by atoms with Crippen LogP contribution in [0.3, 0.4) is 0 Å². The molecular formula is C23H27F2N5O. The number of piperidine rings is 2. The van der Waals surface area contributed by atoms with Crippen LogP contribution in [-0.4, -0.2) is 60.5 Å². The number of nitrogens with one attached hydrogen (secondary N) is 1. The summed E-state index contributed by atoms with van der Waals surface area (Å²) < 4.78 is 29.4. The second kappa shape index (κ2) is 8.75. The topological polar surface area (TPSA) is 72.3 Å². The predicted molar refractivity (Wildman–Crippen MR) is 115 cm³/mol. The van der Waals surface area contributed by atoms with Gasteiger partial charge in [-0.15, -0.1) is 0 Å². The Balaban J connectivity index is 1.54. The smallest absolute Gasteiger partial charge is 0.266 e. The molecular weight excluding hydrogens is 400 g/mol. The molecule has 1 N–H and O–H groups in total. The average molecular weight is 427 g/mol. The number of halogens is 2. The molecule has 8 heteroatoms. The lowest BCUT2D eigenvalue weighted by Gasteiger charge is -2.39. The molecule has 4 rings (SSSR count). The van der Waals surface area contributed by atoms with E-state index < -0.39 is 24.8 Å². The van der Waals surface area contributed by atoms with E-state index in [4.69, 9.17) is 0 Å². The van der Waals surface area contributed by atoms with Crippen molar-refractivity contribution < 1.29 is 13.6 Å². The molecule has 31 heavy (non-hydrogen) atoms.